The number of aromatic nitrogens is 3. The molecule has 1 fully saturated rings. The molecule has 0 atom stereocenters. The van der Waals surface area contributed by atoms with Crippen molar-refractivity contribution < 1.29 is 9.47 Å². The van der Waals surface area contributed by atoms with E-state index >= 15 is 0 Å². The Bertz CT molecular complexity index is 661. The van der Waals surface area contributed by atoms with Gasteiger partial charge >= 0.3 is 0 Å². The third-order valence-corrected chi connectivity index (χ3v) is 5.11. The van der Waals surface area contributed by atoms with E-state index in [0.717, 1.165) is 59.9 Å². The van der Waals surface area contributed by atoms with Gasteiger partial charge in [0.15, 0.2) is 5.16 Å². The van der Waals surface area contributed by atoms with Crippen LogP contribution < -0.4 is 9.64 Å². The second-order valence-corrected chi connectivity index (χ2v) is 7.26. The Labute approximate surface area is 154 Å². The number of halogens is 1. The summed E-state index contributed by atoms with van der Waals surface area (Å²) in [5, 5.41) is 9.67. The molecule has 0 saturated carbocycles. The van der Waals surface area contributed by atoms with Gasteiger partial charge in [0.05, 0.1) is 19.8 Å². The van der Waals surface area contributed by atoms with Crippen LogP contribution in [0.1, 0.15) is 6.92 Å². The van der Waals surface area contributed by atoms with Gasteiger partial charge in [-0.25, -0.2) is 0 Å². The van der Waals surface area contributed by atoms with Crippen molar-refractivity contribution in [3.05, 3.63) is 28.7 Å². The molecule has 1 aromatic heterocycles. The minimum Gasteiger partial charge on any atom is -0.493 e. The maximum atomic E-state index is 5.77. The summed E-state index contributed by atoms with van der Waals surface area (Å²) in [4.78, 5) is 2.24. The molecule has 8 heteroatoms. The van der Waals surface area contributed by atoms with Crippen LogP contribution in [0.3, 0.4) is 0 Å². The van der Waals surface area contributed by atoms with Crippen LogP contribution in [-0.4, -0.2) is 53.4 Å². The first-order chi connectivity index (χ1) is 11.8. The molecular weight excluding hydrogens is 392 g/mol. The molecule has 2 heterocycles. The summed E-state index contributed by atoms with van der Waals surface area (Å²) in [5.74, 6) is 2.64. The van der Waals surface area contributed by atoms with Crippen molar-refractivity contribution >= 4 is 33.6 Å². The monoisotopic (exact) mass is 412 g/mol. The highest BCUT2D eigenvalue weighted by molar-refractivity contribution is 9.10. The van der Waals surface area contributed by atoms with E-state index in [1.165, 1.54) is 0 Å². The molecule has 3 rings (SSSR count). The van der Waals surface area contributed by atoms with Gasteiger partial charge in [0.25, 0.3) is 0 Å². The standard InChI is InChI=1S/C16H21BrN4O2S/c1-2-21-15(20-6-8-22-9-7-20)18-19-16(21)24-11-10-23-14-5-3-4-13(17)12-14/h3-5,12H,2,6-11H2,1H3. The number of nitrogens with zero attached hydrogens (tertiary/aromatic N) is 4. The van der Waals surface area contributed by atoms with Gasteiger partial charge in [0, 0.05) is 29.9 Å². The number of rotatable bonds is 7. The molecule has 24 heavy (non-hydrogen) atoms. The molecule has 2 aromatic rings. The van der Waals surface area contributed by atoms with E-state index in [9.17, 15) is 0 Å². The molecule has 1 aromatic carbocycles. The van der Waals surface area contributed by atoms with Crippen LogP contribution in [-0.2, 0) is 11.3 Å². The van der Waals surface area contributed by atoms with Gasteiger partial charge in [-0.15, -0.1) is 10.2 Å². The Hall–Kier alpha value is -1.25. The molecule has 0 aliphatic carbocycles. The number of hydrogen-bond acceptors (Lipinski definition) is 6. The lowest BCUT2D eigenvalue weighted by atomic mass is 10.3. The molecule has 0 N–H and O–H groups in total. The molecule has 0 bridgehead atoms. The average Bonchev–Trinajstić information content (AvgIpc) is 3.02. The summed E-state index contributed by atoms with van der Waals surface area (Å²) in [6.45, 7) is 6.84. The van der Waals surface area contributed by atoms with Gasteiger partial charge in [0.2, 0.25) is 5.95 Å². The van der Waals surface area contributed by atoms with Crippen LogP contribution in [0.15, 0.2) is 33.9 Å². The molecule has 0 amide bonds. The highest BCUT2D eigenvalue weighted by Gasteiger charge is 2.19. The zero-order valence-corrected chi connectivity index (χ0v) is 16.1. The maximum absolute atomic E-state index is 5.77. The van der Waals surface area contributed by atoms with E-state index in [2.05, 4.69) is 42.5 Å². The Balaban J connectivity index is 1.54. The molecule has 1 saturated heterocycles. The Morgan fingerprint density at radius 1 is 1.29 bits per heavy atom. The zero-order valence-electron chi connectivity index (χ0n) is 13.7. The van der Waals surface area contributed by atoms with Crippen LogP contribution in [0, 0.1) is 0 Å². The highest BCUT2D eigenvalue weighted by Crippen LogP contribution is 2.23. The lowest BCUT2D eigenvalue weighted by Crippen LogP contribution is -2.38. The van der Waals surface area contributed by atoms with Gasteiger partial charge in [-0.2, -0.15) is 0 Å². The van der Waals surface area contributed by atoms with Gasteiger partial charge < -0.3 is 14.4 Å². The van der Waals surface area contributed by atoms with Crippen LogP contribution in [0.25, 0.3) is 0 Å². The average molecular weight is 413 g/mol. The summed E-state index contributed by atoms with van der Waals surface area (Å²) in [5.41, 5.74) is 0. The Morgan fingerprint density at radius 2 is 2.12 bits per heavy atom. The van der Waals surface area contributed by atoms with Crippen molar-refractivity contribution in [1.29, 1.82) is 0 Å². The predicted molar refractivity (Wildman–Crippen MR) is 99.1 cm³/mol. The van der Waals surface area contributed by atoms with Gasteiger partial charge in [-0.05, 0) is 25.1 Å². The van der Waals surface area contributed by atoms with Crippen LogP contribution in [0.4, 0.5) is 5.95 Å². The van der Waals surface area contributed by atoms with Crippen molar-refractivity contribution in [2.45, 2.75) is 18.6 Å². The van der Waals surface area contributed by atoms with E-state index in [4.69, 9.17) is 9.47 Å². The minimum absolute atomic E-state index is 0.630. The third kappa shape index (κ3) is 4.43. The second-order valence-electron chi connectivity index (χ2n) is 5.28. The summed E-state index contributed by atoms with van der Waals surface area (Å²) in [6.07, 6.45) is 0. The molecule has 0 spiro atoms. The summed E-state index contributed by atoms with van der Waals surface area (Å²) < 4.78 is 14.4. The van der Waals surface area contributed by atoms with Crippen molar-refractivity contribution in [3.63, 3.8) is 0 Å². The topological polar surface area (TPSA) is 52.4 Å². The second kappa shape index (κ2) is 8.73. The number of ether oxygens (including phenoxy) is 2. The zero-order chi connectivity index (χ0) is 16.8. The molecule has 1 aliphatic heterocycles. The SMILES string of the molecule is CCn1c(SCCOc2cccc(Br)c2)nnc1N1CCOCC1. The van der Waals surface area contributed by atoms with Gasteiger partial charge in [-0.1, -0.05) is 33.8 Å². The minimum atomic E-state index is 0.630. The number of thioether (sulfide) groups is 1. The van der Waals surface area contributed by atoms with Crippen molar-refractivity contribution in [3.8, 4) is 5.75 Å². The Morgan fingerprint density at radius 3 is 2.88 bits per heavy atom. The van der Waals surface area contributed by atoms with Gasteiger partial charge in [-0.3, -0.25) is 4.57 Å². The summed E-state index contributed by atoms with van der Waals surface area (Å²) >= 11 is 5.12. The summed E-state index contributed by atoms with van der Waals surface area (Å²) in [6, 6.07) is 7.88. The third-order valence-electron chi connectivity index (χ3n) is 3.69. The quantitative estimate of drug-likeness (QED) is 0.514. The van der Waals surface area contributed by atoms with E-state index in [0.29, 0.717) is 6.61 Å². The first kappa shape index (κ1) is 17.6. The smallest absolute Gasteiger partial charge is 0.228 e. The molecule has 0 radical (unpaired) electrons. The lowest BCUT2D eigenvalue weighted by Gasteiger charge is -2.27. The van der Waals surface area contributed by atoms with E-state index in [1.807, 2.05) is 24.3 Å². The van der Waals surface area contributed by atoms with E-state index in [1.54, 1.807) is 11.8 Å². The molecular formula is C16H21BrN4O2S. The summed E-state index contributed by atoms with van der Waals surface area (Å²) in [7, 11) is 0. The fourth-order valence-electron chi connectivity index (χ4n) is 2.51. The lowest BCUT2D eigenvalue weighted by molar-refractivity contribution is 0.121. The maximum Gasteiger partial charge on any atom is 0.228 e. The fourth-order valence-corrected chi connectivity index (χ4v) is 3.70. The molecule has 1 aliphatic rings. The largest absolute Gasteiger partial charge is 0.493 e. The van der Waals surface area contributed by atoms with Crippen LogP contribution in [0.2, 0.25) is 0 Å². The predicted octanol–water partition coefficient (Wildman–Crippen LogP) is 3.07. The number of morpholine rings is 1. The molecule has 6 nitrogen and oxygen atoms in total. The molecule has 130 valence electrons. The van der Waals surface area contributed by atoms with Crippen molar-refractivity contribution in [2.75, 3.05) is 43.6 Å². The first-order valence-corrected chi connectivity index (χ1v) is 9.83. The first-order valence-electron chi connectivity index (χ1n) is 8.05. The number of hydrogen-bond donors (Lipinski definition) is 0. The van der Waals surface area contributed by atoms with E-state index < -0.39 is 0 Å². The highest BCUT2D eigenvalue weighted by atomic mass is 79.9. The van der Waals surface area contributed by atoms with Crippen molar-refractivity contribution in [1.82, 2.24) is 14.8 Å². The number of benzene rings is 1. The fraction of sp³-hybridized carbons (Fsp3) is 0.500. The normalized spacial score (nSPS) is 14.8. The Kier molecular flexibility index (Phi) is 6.39. The van der Waals surface area contributed by atoms with Crippen molar-refractivity contribution in [2.24, 2.45) is 0 Å². The number of anilines is 1. The van der Waals surface area contributed by atoms with Crippen LogP contribution >= 0.6 is 27.7 Å². The van der Waals surface area contributed by atoms with Crippen LogP contribution in [0.5, 0.6) is 5.75 Å². The van der Waals surface area contributed by atoms with Gasteiger partial charge in [0.1, 0.15) is 5.75 Å². The van der Waals surface area contributed by atoms with E-state index in [-0.39, 0.29) is 0 Å². The molecule has 0 unspecified atom stereocenters.